The molecule has 140 valence electrons. The Labute approximate surface area is 153 Å². The Morgan fingerprint density at radius 2 is 2.12 bits per heavy atom. The Bertz CT molecular complexity index is 736. The fourth-order valence-corrected chi connectivity index (χ4v) is 2.72. The molecule has 10 heteroatoms. The number of rotatable bonds is 8. The van der Waals surface area contributed by atoms with Crippen LogP contribution in [0.5, 0.6) is 11.5 Å². The summed E-state index contributed by atoms with van der Waals surface area (Å²) in [5.41, 5.74) is -0.0293. The molecule has 0 spiro atoms. The topological polar surface area (TPSA) is 117 Å². The van der Waals surface area contributed by atoms with Gasteiger partial charge in [0.1, 0.15) is 6.04 Å². The van der Waals surface area contributed by atoms with Crippen LogP contribution in [-0.2, 0) is 14.3 Å². The number of hydrogen-bond donors (Lipinski definition) is 1. The molecule has 1 aromatic carbocycles. The second kappa shape index (κ2) is 9.09. The first-order chi connectivity index (χ1) is 12.5. The molecule has 0 saturated heterocycles. The maximum Gasteiger partial charge on any atom is 0.328 e. The third-order valence-electron chi connectivity index (χ3n) is 3.55. The molecule has 9 nitrogen and oxygen atoms in total. The Morgan fingerprint density at radius 3 is 2.73 bits per heavy atom. The first-order valence-corrected chi connectivity index (χ1v) is 8.99. The van der Waals surface area contributed by atoms with Crippen molar-refractivity contribution in [2.24, 2.45) is 0 Å². The highest BCUT2D eigenvalue weighted by Gasteiger charge is 2.23. The lowest BCUT2D eigenvalue weighted by atomic mass is 10.1. The number of thioether (sulfide) groups is 1. The van der Waals surface area contributed by atoms with E-state index in [1.165, 1.54) is 37.1 Å². The SMILES string of the molecule is COC(=O)[C@H](CCSC)NC(=O)/C=C/c1cc2c(cc1[N+](=O)[O-])OCO2. The lowest BCUT2D eigenvalue weighted by Crippen LogP contribution is -2.41. The Balaban J connectivity index is 2.14. The molecule has 1 atom stereocenters. The predicted molar refractivity (Wildman–Crippen MR) is 95.2 cm³/mol. The molecule has 0 radical (unpaired) electrons. The standard InChI is InChI=1S/C16H18N2O7S/c1-23-16(20)11(5-6-26-2)17-15(19)4-3-10-7-13-14(25-9-24-13)8-12(10)18(21)22/h3-4,7-8,11H,5-6,9H2,1-2H3,(H,17,19)/b4-3+/t11-/m0/s1. The second-order valence-electron chi connectivity index (χ2n) is 5.22. The Kier molecular flexibility index (Phi) is 6.84. The van der Waals surface area contributed by atoms with Crippen molar-refractivity contribution >= 4 is 35.4 Å². The molecule has 1 N–H and O–H groups in total. The van der Waals surface area contributed by atoms with Gasteiger partial charge < -0.3 is 19.5 Å². The number of amides is 1. The number of nitro groups is 1. The minimum atomic E-state index is -0.781. The lowest BCUT2D eigenvalue weighted by Gasteiger charge is -2.14. The van der Waals surface area contributed by atoms with Crippen LogP contribution in [0.4, 0.5) is 5.69 Å². The molecule has 26 heavy (non-hydrogen) atoms. The van der Waals surface area contributed by atoms with Gasteiger partial charge in [0, 0.05) is 6.08 Å². The van der Waals surface area contributed by atoms with Gasteiger partial charge in [-0.25, -0.2) is 4.79 Å². The average molecular weight is 382 g/mol. The number of nitrogens with zero attached hydrogens (tertiary/aromatic N) is 1. The molecule has 0 unspecified atom stereocenters. The van der Waals surface area contributed by atoms with Crippen LogP contribution in [0.15, 0.2) is 18.2 Å². The van der Waals surface area contributed by atoms with Crippen molar-refractivity contribution in [2.45, 2.75) is 12.5 Å². The van der Waals surface area contributed by atoms with E-state index in [2.05, 4.69) is 10.1 Å². The molecule has 0 aromatic heterocycles. The van der Waals surface area contributed by atoms with Crippen molar-refractivity contribution in [1.82, 2.24) is 5.32 Å². The number of nitro benzene ring substituents is 1. The van der Waals surface area contributed by atoms with Crippen molar-refractivity contribution in [1.29, 1.82) is 0 Å². The van der Waals surface area contributed by atoms with Gasteiger partial charge in [0.15, 0.2) is 11.5 Å². The van der Waals surface area contributed by atoms with Crippen LogP contribution in [0, 0.1) is 10.1 Å². The normalized spacial score (nSPS) is 13.5. The van der Waals surface area contributed by atoms with Crippen LogP contribution >= 0.6 is 11.8 Å². The van der Waals surface area contributed by atoms with E-state index in [-0.39, 0.29) is 23.8 Å². The quantitative estimate of drug-likeness (QED) is 0.313. The van der Waals surface area contributed by atoms with Gasteiger partial charge in [0.05, 0.1) is 23.7 Å². The fourth-order valence-electron chi connectivity index (χ4n) is 2.25. The highest BCUT2D eigenvalue weighted by atomic mass is 32.2. The smallest absolute Gasteiger partial charge is 0.328 e. The van der Waals surface area contributed by atoms with Crippen molar-refractivity contribution in [3.8, 4) is 11.5 Å². The largest absolute Gasteiger partial charge is 0.467 e. The molecule has 0 saturated carbocycles. The molecule has 1 amide bonds. The molecule has 0 fully saturated rings. The summed E-state index contributed by atoms with van der Waals surface area (Å²) in [4.78, 5) is 34.4. The second-order valence-corrected chi connectivity index (χ2v) is 6.21. The van der Waals surface area contributed by atoms with Crippen LogP contribution < -0.4 is 14.8 Å². The van der Waals surface area contributed by atoms with E-state index < -0.39 is 22.8 Å². The van der Waals surface area contributed by atoms with E-state index in [0.29, 0.717) is 17.9 Å². The number of esters is 1. The number of benzene rings is 1. The van der Waals surface area contributed by atoms with Gasteiger partial charge in [0.25, 0.3) is 5.69 Å². The predicted octanol–water partition coefficient (Wildman–Crippen LogP) is 1.75. The van der Waals surface area contributed by atoms with E-state index in [4.69, 9.17) is 9.47 Å². The van der Waals surface area contributed by atoms with Gasteiger partial charge in [-0.15, -0.1) is 0 Å². The fraction of sp³-hybridized carbons (Fsp3) is 0.375. The van der Waals surface area contributed by atoms with Crippen molar-refractivity contribution in [2.75, 3.05) is 25.9 Å². The number of methoxy groups -OCH3 is 1. The third-order valence-corrected chi connectivity index (χ3v) is 4.19. The van der Waals surface area contributed by atoms with Crippen LogP contribution in [0.25, 0.3) is 6.08 Å². The van der Waals surface area contributed by atoms with Crippen LogP contribution in [0.1, 0.15) is 12.0 Å². The maximum absolute atomic E-state index is 12.1. The van der Waals surface area contributed by atoms with E-state index in [1.54, 1.807) is 0 Å². The van der Waals surface area contributed by atoms with Crippen LogP contribution in [-0.4, -0.2) is 48.8 Å². The summed E-state index contributed by atoms with van der Waals surface area (Å²) < 4.78 is 15.0. The van der Waals surface area contributed by atoms with Gasteiger partial charge in [-0.3, -0.25) is 14.9 Å². The third kappa shape index (κ3) is 4.88. The monoisotopic (exact) mass is 382 g/mol. The summed E-state index contributed by atoms with van der Waals surface area (Å²) in [6.45, 7) is -0.0175. The minimum Gasteiger partial charge on any atom is -0.467 e. The number of hydrogen-bond acceptors (Lipinski definition) is 8. The van der Waals surface area contributed by atoms with Crippen molar-refractivity contribution in [3.63, 3.8) is 0 Å². The molecular formula is C16H18N2O7S. The number of ether oxygens (including phenoxy) is 3. The molecule has 1 aromatic rings. The molecule has 1 aliphatic rings. The molecule has 2 rings (SSSR count). The van der Waals surface area contributed by atoms with Gasteiger partial charge >= 0.3 is 5.97 Å². The molecule has 0 bridgehead atoms. The van der Waals surface area contributed by atoms with Crippen molar-refractivity contribution in [3.05, 3.63) is 33.9 Å². The zero-order chi connectivity index (χ0) is 19.1. The summed E-state index contributed by atoms with van der Waals surface area (Å²) in [6.07, 6.45) is 4.71. The van der Waals surface area contributed by atoms with E-state index in [9.17, 15) is 19.7 Å². The van der Waals surface area contributed by atoms with E-state index in [1.807, 2.05) is 6.26 Å². The number of carbonyl (C=O) groups excluding carboxylic acids is 2. The molecular weight excluding hydrogens is 364 g/mol. The number of carbonyl (C=O) groups is 2. The zero-order valence-corrected chi connectivity index (χ0v) is 15.0. The number of fused-ring (bicyclic) bond motifs is 1. The maximum atomic E-state index is 12.1. The van der Waals surface area contributed by atoms with Crippen molar-refractivity contribution < 1.29 is 28.7 Å². The van der Waals surface area contributed by atoms with E-state index >= 15 is 0 Å². The van der Waals surface area contributed by atoms with Crippen LogP contribution in [0.2, 0.25) is 0 Å². The molecule has 0 aliphatic carbocycles. The Hall–Kier alpha value is -2.75. The summed E-state index contributed by atoms with van der Waals surface area (Å²) in [5.74, 6) is 0.199. The van der Waals surface area contributed by atoms with Gasteiger partial charge in [-0.05, 0) is 30.6 Å². The van der Waals surface area contributed by atoms with Gasteiger partial charge in [-0.2, -0.15) is 11.8 Å². The summed E-state index contributed by atoms with van der Waals surface area (Å²) >= 11 is 1.53. The summed E-state index contributed by atoms with van der Waals surface area (Å²) in [6, 6.07) is 1.89. The number of nitrogens with one attached hydrogen (secondary N) is 1. The van der Waals surface area contributed by atoms with Gasteiger partial charge in [0.2, 0.25) is 12.7 Å². The first-order valence-electron chi connectivity index (χ1n) is 7.59. The van der Waals surface area contributed by atoms with Crippen LogP contribution in [0.3, 0.4) is 0 Å². The highest BCUT2D eigenvalue weighted by Crippen LogP contribution is 2.38. The highest BCUT2D eigenvalue weighted by molar-refractivity contribution is 7.98. The Morgan fingerprint density at radius 1 is 1.42 bits per heavy atom. The minimum absolute atomic E-state index is 0.0175. The molecule has 1 aliphatic heterocycles. The van der Waals surface area contributed by atoms with E-state index in [0.717, 1.165) is 6.08 Å². The van der Waals surface area contributed by atoms with Gasteiger partial charge in [-0.1, -0.05) is 0 Å². The molecule has 1 heterocycles. The lowest BCUT2D eigenvalue weighted by molar-refractivity contribution is -0.385. The average Bonchev–Trinajstić information content (AvgIpc) is 3.09. The zero-order valence-electron chi connectivity index (χ0n) is 14.2. The summed E-state index contributed by atoms with van der Waals surface area (Å²) in [5, 5.41) is 13.7. The summed E-state index contributed by atoms with van der Waals surface area (Å²) in [7, 11) is 1.24. The first kappa shape index (κ1) is 19.6.